The Morgan fingerprint density at radius 3 is 2.26 bits per heavy atom. The van der Waals surface area contributed by atoms with Gasteiger partial charge in [0.05, 0.1) is 0 Å². The summed E-state index contributed by atoms with van der Waals surface area (Å²) < 4.78 is 19.5. The van der Waals surface area contributed by atoms with Crippen LogP contribution in [0.15, 0.2) is 29.2 Å². The summed E-state index contributed by atoms with van der Waals surface area (Å²) in [5.41, 5.74) is 0. The number of hydrogen-bond acceptors (Lipinski definition) is 3. The van der Waals surface area contributed by atoms with E-state index in [9.17, 15) is 4.21 Å². The van der Waals surface area contributed by atoms with Crippen LogP contribution in [0.5, 0.6) is 0 Å². The minimum Gasteiger partial charge on any atom is -0.393 e. The predicted octanol–water partition coefficient (Wildman–Crippen LogP) is 3.53. The van der Waals surface area contributed by atoms with Gasteiger partial charge < -0.3 is 5.32 Å². The van der Waals surface area contributed by atoms with Gasteiger partial charge in [-0.3, -0.25) is 8.33 Å². The molecule has 0 aliphatic carbocycles. The highest BCUT2D eigenvalue weighted by molar-refractivity contribution is 7.92. The first-order valence-electron chi connectivity index (χ1n) is 6.55. The molecule has 0 radical (unpaired) electrons. The molecule has 1 N–H and O–H groups in total. The summed E-state index contributed by atoms with van der Waals surface area (Å²) in [6, 6.07) is 0. The molecule has 0 aromatic carbocycles. The third-order valence-corrected chi connectivity index (χ3v) is 11.8. The van der Waals surface area contributed by atoms with E-state index in [2.05, 4.69) is 45.8 Å². The average Bonchev–Trinajstić information content (AvgIpc) is 2.27. The molecule has 1 atom stereocenters. The predicted molar refractivity (Wildman–Crippen MR) is 88.5 cm³/mol. The normalized spacial score (nSPS) is 15.9. The van der Waals surface area contributed by atoms with Crippen molar-refractivity contribution in [2.24, 2.45) is 4.03 Å². The minimum atomic E-state index is -2.46. The van der Waals surface area contributed by atoms with E-state index < -0.39 is 18.2 Å². The molecule has 0 aromatic rings. The molecule has 19 heavy (non-hydrogen) atoms. The van der Waals surface area contributed by atoms with Gasteiger partial charge in [0.25, 0.3) is 0 Å². The van der Waals surface area contributed by atoms with Crippen LogP contribution in [0, 0.1) is 0 Å². The highest BCUT2D eigenvalue weighted by Gasteiger charge is 2.37. The molecule has 0 heterocycles. The van der Waals surface area contributed by atoms with Gasteiger partial charge in [-0.2, -0.15) is 0 Å². The van der Waals surface area contributed by atoms with Crippen molar-refractivity contribution in [1.29, 1.82) is 0 Å². The molecule has 112 valence electrons. The van der Waals surface area contributed by atoms with Gasteiger partial charge in [-0.15, -0.1) is 0 Å². The van der Waals surface area contributed by atoms with Crippen LogP contribution in [0.3, 0.4) is 0 Å². The van der Waals surface area contributed by atoms with Crippen molar-refractivity contribution in [2.45, 2.75) is 45.8 Å². The zero-order valence-corrected chi connectivity index (χ0v) is 15.2. The average molecular weight is 304 g/mol. The summed E-state index contributed by atoms with van der Waals surface area (Å²) in [5, 5.41) is 2.97. The topological polar surface area (TPSA) is 44.7 Å². The second-order valence-corrected chi connectivity index (χ2v) is 13.5. The molecule has 0 saturated carbocycles. The van der Waals surface area contributed by atoms with Crippen molar-refractivity contribution < 1.29 is 4.21 Å². The Kier molecular flexibility index (Phi) is 6.35. The molecular formula is C13H29N3OSSi. The smallest absolute Gasteiger partial charge is 0.195 e. The summed E-state index contributed by atoms with van der Waals surface area (Å²) in [7, 11) is -2.63. The second kappa shape index (κ2) is 6.61. The Balaban J connectivity index is 5.78. The molecule has 4 nitrogen and oxygen atoms in total. The summed E-state index contributed by atoms with van der Waals surface area (Å²) >= 11 is 0. The maximum Gasteiger partial charge on any atom is 0.195 e. The Hall–Kier alpha value is -0.753. The number of hydrogen-bond donors (Lipinski definition) is 1. The number of rotatable bonds is 6. The molecule has 0 aliphatic heterocycles. The van der Waals surface area contributed by atoms with Crippen molar-refractivity contribution in [1.82, 2.24) is 9.62 Å². The van der Waals surface area contributed by atoms with Gasteiger partial charge in [-0.05, 0) is 18.1 Å². The monoisotopic (exact) mass is 303 g/mol. The first kappa shape index (κ1) is 18.2. The van der Waals surface area contributed by atoms with Gasteiger partial charge in [-0.25, -0.2) is 4.21 Å². The fourth-order valence-corrected chi connectivity index (χ4v) is 6.80. The lowest BCUT2D eigenvalue weighted by Gasteiger charge is -2.34. The third kappa shape index (κ3) is 4.69. The molecule has 6 heteroatoms. The second-order valence-electron chi connectivity index (χ2n) is 5.94. The van der Waals surface area contributed by atoms with E-state index >= 15 is 0 Å². The van der Waals surface area contributed by atoms with Gasteiger partial charge in [0.2, 0.25) is 0 Å². The maximum absolute atomic E-state index is 13.1. The molecule has 0 aliphatic rings. The lowest BCUT2D eigenvalue weighted by Crippen LogP contribution is -2.38. The van der Waals surface area contributed by atoms with Crippen LogP contribution >= 0.6 is 0 Å². The summed E-state index contributed by atoms with van der Waals surface area (Å²) in [5.74, 6) is 0.486. The van der Waals surface area contributed by atoms with Gasteiger partial charge in [-0.1, -0.05) is 34.3 Å². The van der Waals surface area contributed by atoms with E-state index in [1.807, 2.05) is 6.92 Å². The zero-order chi connectivity index (χ0) is 15.3. The molecule has 1 unspecified atom stereocenters. The molecule has 0 fully saturated rings. The van der Waals surface area contributed by atoms with E-state index in [1.54, 1.807) is 30.0 Å². The maximum atomic E-state index is 13.1. The molecule has 0 amide bonds. The highest BCUT2D eigenvalue weighted by atomic mass is 32.2. The van der Waals surface area contributed by atoms with Gasteiger partial charge >= 0.3 is 0 Å². The molecule has 0 bridgehead atoms. The van der Waals surface area contributed by atoms with Crippen LogP contribution < -0.4 is 5.32 Å². The lowest BCUT2D eigenvalue weighted by atomic mass is 10.2. The van der Waals surface area contributed by atoms with Crippen LogP contribution in [0.2, 0.25) is 18.1 Å². The third-order valence-electron chi connectivity index (χ3n) is 3.48. The Labute approximate surface area is 120 Å². The highest BCUT2D eigenvalue weighted by Crippen LogP contribution is 2.37. The fourth-order valence-electron chi connectivity index (χ4n) is 1.17. The summed E-state index contributed by atoms with van der Waals surface area (Å²) in [6.07, 6.45) is 5.05. The molecule has 0 spiro atoms. The lowest BCUT2D eigenvalue weighted by molar-refractivity contribution is 0.635. The summed E-state index contributed by atoms with van der Waals surface area (Å²) in [4.78, 5) is 0. The van der Waals surface area contributed by atoms with Gasteiger partial charge in [0, 0.05) is 31.4 Å². The molecule has 0 saturated heterocycles. The Morgan fingerprint density at radius 2 is 1.95 bits per heavy atom. The van der Waals surface area contributed by atoms with Crippen LogP contribution in [0.4, 0.5) is 0 Å². The molecular weight excluding hydrogens is 274 g/mol. The molecule has 0 rings (SSSR count). The largest absolute Gasteiger partial charge is 0.393 e. The van der Waals surface area contributed by atoms with E-state index in [0.29, 0.717) is 5.75 Å². The Bertz CT molecular complexity index is 443. The van der Waals surface area contributed by atoms with Gasteiger partial charge in [0.1, 0.15) is 9.92 Å². The van der Waals surface area contributed by atoms with Crippen molar-refractivity contribution >= 4 is 18.2 Å². The SMILES string of the molecule is C=CN(/C=C\NC)S(=O)(CC)=N[Si](C)(C)C(C)(C)C. The van der Waals surface area contributed by atoms with E-state index in [-0.39, 0.29) is 5.04 Å². The first-order chi connectivity index (χ1) is 8.54. The van der Waals surface area contributed by atoms with Crippen LogP contribution in [-0.2, 0) is 9.92 Å². The van der Waals surface area contributed by atoms with E-state index in [0.717, 1.165) is 0 Å². The van der Waals surface area contributed by atoms with Crippen LogP contribution in [0.1, 0.15) is 27.7 Å². The van der Waals surface area contributed by atoms with Crippen molar-refractivity contribution in [3.63, 3.8) is 0 Å². The Morgan fingerprint density at radius 1 is 1.42 bits per heavy atom. The van der Waals surface area contributed by atoms with Crippen molar-refractivity contribution in [3.8, 4) is 0 Å². The fraction of sp³-hybridized carbons (Fsp3) is 0.692. The molecule has 0 aromatic heterocycles. The quantitative estimate of drug-likeness (QED) is 0.763. The summed E-state index contributed by atoms with van der Waals surface area (Å²) in [6.45, 7) is 16.5. The van der Waals surface area contributed by atoms with Crippen molar-refractivity contribution in [3.05, 3.63) is 25.2 Å². The number of nitrogens with zero attached hydrogens (tertiary/aromatic N) is 2. The standard InChI is InChI=1S/C13H29N3OSSi/c1-9-16(12-11-14-6)18(17,10-2)15-19(7,8)13(3,4)5/h9,11-12,14H,1,10H2,2-8H3/b12-11-. The number of nitrogens with one attached hydrogen (secondary N) is 1. The van der Waals surface area contributed by atoms with Crippen molar-refractivity contribution in [2.75, 3.05) is 12.8 Å². The first-order valence-corrected chi connectivity index (χ1v) is 11.1. The zero-order valence-electron chi connectivity index (χ0n) is 13.4. The van der Waals surface area contributed by atoms with E-state index in [4.69, 9.17) is 4.03 Å². The van der Waals surface area contributed by atoms with Gasteiger partial charge in [0.15, 0.2) is 8.24 Å². The van der Waals surface area contributed by atoms with E-state index in [1.165, 1.54) is 0 Å². The van der Waals surface area contributed by atoms with Crippen LogP contribution in [0.25, 0.3) is 0 Å². The van der Waals surface area contributed by atoms with Crippen LogP contribution in [-0.4, -0.2) is 29.6 Å². The minimum absolute atomic E-state index is 0.0738.